The third kappa shape index (κ3) is 3.49. The van der Waals surface area contributed by atoms with E-state index >= 15 is 0 Å². The van der Waals surface area contributed by atoms with Crippen LogP contribution in [0.15, 0.2) is 41.4 Å². The first kappa shape index (κ1) is 17.7. The fraction of sp³-hybridized carbons (Fsp3) is 0.333. The van der Waals surface area contributed by atoms with Gasteiger partial charge in [0.25, 0.3) is 0 Å². The van der Waals surface area contributed by atoms with Gasteiger partial charge in [-0.1, -0.05) is 18.2 Å². The van der Waals surface area contributed by atoms with Crippen LogP contribution in [0.4, 0.5) is 0 Å². The van der Waals surface area contributed by atoms with Crippen molar-refractivity contribution in [1.82, 2.24) is 0 Å². The van der Waals surface area contributed by atoms with Gasteiger partial charge in [0.1, 0.15) is 6.10 Å². The fourth-order valence-electron chi connectivity index (χ4n) is 2.48. The van der Waals surface area contributed by atoms with Crippen molar-refractivity contribution in [3.8, 4) is 17.2 Å². The molecule has 24 heavy (non-hydrogen) atoms. The van der Waals surface area contributed by atoms with E-state index in [1.165, 1.54) is 7.11 Å². The first-order valence-corrected chi connectivity index (χ1v) is 7.39. The molecule has 130 valence electrons. The van der Waals surface area contributed by atoms with Gasteiger partial charge in [-0.05, 0) is 24.1 Å². The maximum Gasteiger partial charge on any atom is 0.203 e. The van der Waals surface area contributed by atoms with Crippen LogP contribution in [-0.4, -0.2) is 44.8 Å². The SMILES string of the molecule is COc1cc(/C=C\C2=CCC(OC)C(O)=C2O)cc(OC)c1OC. The second-order valence-corrected chi connectivity index (χ2v) is 5.15. The molecule has 2 N–H and O–H groups in total. The van der Waals surface area contributed by atoms with E-state index < -0.39 is 6.10 Å². The molecule has 0 aromatic heterocycles. The Morgan fingerprint density at radius 1 is 0.958 bits per heavy atom. The Bertz CT molecular complexity index is 662. The summed E-state index contributed by atoms with van der Waals surface area (Å²) in [7, 11) is 6.12. The predicted octanol–water partition coefficient (Wildman–Crippen LogP) is 3.40. The lowest BCUT2D eigenvalue weighted by Crippen LogP contribution is -2.18. The molecule has 0 radical (unpaired) electrons. The van der Waals surface area contributed by atoms with Gasteiger partial charge in [0.15, 0.2) is 23.0 Å². The van der Waals surface area contributed by atoms with Crippen LogP contribution >= 0.6 is 0 Å². The molecule has 1 aliphatic rings. The summed E-state index contributed by atoms with van der Waals surface area (Å²) in [6.45, 7) is 0. The zero-order valence-electron chi connectivity index (χ0n) is 14.2. The Morgan fingerprint density at radius 2 is 1.58 bits per heavy atom. The Hall–Kier alpha value is -2.60. The lowest BCUT2D eigenvalue weighted by Gasteiger charge is -2.19. The van der Waals surface area contributed by atoms with Gasteiger partial charge in [-0.15, -0.1) is 0 Å². The van der Waals surface area contributed by atoms with Crippen molar-refractivity contribution in [1.29, 1.82) is 0 Å². The van der Waals surface area contributed by atoms with Gasteiger partial charge in [-0.25, -0.2) is 0 Å². The first-order chi connectivity index (χ1) is 11.5. The molecular formula is C18H22O6. The number of aliphatic hydroxyl groups is 2. The molecule has 0 saturated heterocycles. The molecule has 2 rings (SSSR count). The lowest BCUT2D eigenvalue weighted by molar-refractivity contribution is 0.0852. The standard InChI is InChI=1S/C18H22O6/c1-21-13-8-7-12(16(19)17(13)20)6-5-11-9-14(22-2)18(24-4)15(10-11)23-3/h5-7,9-10,13,19-20H,8H2,1-4H3/b6-5-. The Morgan fingerprint density at radius 3 is 2.08 bits per heavy atom. The summed E-state index contributed by atoms with van der Waals surface area (Å²) in [5.41, 5.74) is 1.32. The number of ether oxygens (including phenoxy) is 4. The van der Waals surface area contributed by atoms with Gasteiger partial charge in [0.2, 0.25) is 5.75 Å². The highest BCUT2D eigenvalue weighted by Crippen LogP contribution is 2.38. The van der Waals surface area contributed by atoms with Crippen LogP contribution in [0.1, 0.15) is 12.0 Å². The number of rotatable bonds is 6. The number of methoxy groups -OCH3 is 4. The summed E-state index contributed by atoms with van der Waals surface area (Å²) in [5.74, 6) is 1.24. The molecule has 6 nitrogen and oxygen atoms in total. The summed E-state index contributed by atoms with van der Waals surface area (Å²) < 4.78 is 21.0. The number of allylic oxidation sites excluding steroid dienone is 1. The minimum Gasteiger partial charge on any atom is -0.506 e. The number of hydrogen-bond acceptors (Lipinski definition) is 6. The molecule has 6 heteroatoms. The molecule has 0 fully saturated rings. The third-order valence-electron chi connectivity index (χ3n) is 3.80. The van der Waals surface area contributed by atoms with Gasteiger partial charge in [-0.3, -0.25) is 0 Å². The smallest absolute Gasteiger partial charge is 0.203 e. The lowest BCUT2D eigenvalue weighted by atomic mass is 10.00. The number of hydrogen-bond donors (Lipinski definition) is 2. The minimum atomic E-state index is -0.511. The van der Waals surface area contributed by atoms with Crippen molar-refractivity contribution in [2.75, 3.05) is 28.4 Å². The van der Waals surface area contributed by atoms with Crippen LogP contribution in [0.25, 0.3) is 6.08 Å². The quantitative estimate of drug-likeness (QED) is 0.830. The van der Waals surface area contributed by atoms with Crippen LogP contribution in [0, 0.1) is 0 Å². The minimum absolute atomic E-state index is 0.162. The first-order valence-electron chi connectivity index (χ1n) is 7.39. The van der Waals surface area contributed by atoms with E-state index in [0.29, 0.717) is 29.2 Å². The van der Waals surface area contributed by atoms with E-state index in [0.717, 1.165) is 5.56 Å². The van der Waals surface area contributed by atoms with Crippen molar-refractivity contribution in [3.05, 3.63) is 46.9 Å². The van der Waals surface area contributed by atoms with Crippen molar-refractivity contribution in [2.24, 2.45) is 0 Å². The van der Waals surface area contributed by atoms with Crippen molar-refractivity contribution in [3.63, 3.8) is 0 Å². The molecule has 1 aliphatic carbocycles. The summed E-state index contributed by atoms with van der Waals surface area (Å²) in [5, 5.41) is 20.0. The topological polar surface area (TPSA) is 77.4 Å². The summed E-state index contributed by atoms with van der Waals surface area (Å²) in [6, 6.07) is 3.58. The zero-order valence-corrected chi connectivity index (χ0v) is 14.2. The average molecular weight is 334 g/mol. The molecule has 0 heterocycles. The van der Waals surface area contributed by atoms with E-state index in [2.05, 4.69) is 0 Å². The van der Waals surface area contributed by atoms with Crippen molar-refractivity contribution >= 4 is 6.08 Å². The normalized spacial score (nSPS) is 17.8. The van der Waals surface area contributed by atoms with Crippen molar-refractivity contribution in [2.45, 2.75) is 12.5 Å². The molecule has 0 amide bonds. The van der Waals surface area contributed by atoms with E-state index in [1.54, 1.807) is 51.7 Å². The second kappa shape index (κ2) is 7.79. The van der Waals surface area contributed by atoms with Crippen LogP contribution in [0.3, 0.4) is 0 Å². The zero-order chi connectivity index (χ0) is 17.7. The van der Waals surface area contributed by atoms with Gasteiger partial charge in [0.05, 0.1) is 21.3 Å². The van der Waals surface area contributed by atoms with E-state index in [-0.39, 0.29) is 11.5 Å². The van der Waals surface area contributed by atoms with E-state index in [4.69, 9.17) is 18.9 Å². The Labute approximate surface area is 141 Å². The molecule has 0 aliphatic heterocycles. The molecule has 1 unspecified atom stereocenters. The second-order valence-electron chi connectivity index (χ2n) is 5.15. The van der Waals surface area contributed by atoms with Gasteiger partial charge < -0.3 is 29.2 Å². The van der Waals surface area contributed by atoms with Gasteiger partial charge in [0, 0.05) is 12.7 Å². The van der Waals surface area contributed by atoms with E-state index in [1.807, 2.05) is 0 Å². The average Bonchev–Trinajstić information content (AvgIpc) is 2.61. The van der Waals surface area contributed by atoms with E-state index in [9.17, 15) is 10.2 Å². The predicted molar refractivity (Wildman–Crippen MR) is 90.9 cm³/mol. The Balaban J connectivity index is 2.31. The Kier molecular flexibility index (Phi) is 5.76. The molecule has 0 saturated carbocycles. The molecule has 1 aromatic rings. The van der Waals surface area contributed by atoms with Crippen LogP contribution in [0.2, 0.25) is 0 Å². The van der Waals surface area contributed by atoms with Crippen LogP contribution in [-0.2, 0) is 4.74 Å². The van der Waals surface area contributed by atoms with Crippen LogP contribution in [0.5, 0.6) is 17.2 Å². The summed E-state index contributed by atoms with van der Waals surface area (Å²) >= 11 is 0. The number of benzene rings is 1. The maximum atomic E-state index is 10.1. The highest BCUT2D eigenvalue weighted by Gasteiger charge is 2.22. The van der Waals surface area contributed by atoms with Crippen LogP contribution < -0.4 is 14.2 Å². The molecule has 0 spiro atoms. The fourth-order valence-corrected chi connectivity index (χ4v) is 2.48. The van der Waals surface area contributed by atoms with Gasteiger partial charge >= 0.3 is 0 Å². The number of aliphatic hydroxyl groups excluding tert-OH is 2. The third-order valence-corrected chi connectivity index (χ3v) is 3.80. The highest BCUT2D eigenvalue weighted by atomic mass is 16.5. The largest absolute Gasteiger partial charge is 0.506 e. The van der Waals surface area contributed by atoms with Gasteiger partial charge in [-0.2, -0.15) is 0 Å². The van der Waals surface area contributed by atoms with Crippen molar-refractivity contribution < 1.29 is 29.2 Å². The summed E-state index contributed by atoms with van der Waals surface area (Å²) in [6.07, 6.45) is 5.27. The summed E-state index contributed by atoms with van der Waals surface area (Å²) in [4.78, 5) is 0. The molecule has 0 bridgehead atoms. The molecular weight excluding hydrogens is 312 g/mol. The molecule has 1 atom stereocenters. The maximum absolute atomic E-state index is 10.1. The highest BCUT2D eigenvalue weighted by molar-refractivity contribution is 5.64. The molecule has 1 aromatic carbocycles. The monoisotopic (exact) mass is 334 g/mol.